The summed E-state index contributed by atoms with van der Waals surface area (Å²) in [6.45, 7) is 13.8. The number of anilines is 1. The van der Waals surface area contributed by atoms with Gasteiger partial charge in [-0.15, -0.1) is 0 Å². The zero-order valence-electron chi connectivity index (χ0n) is 22.2. The van der Waals surface area contributed by atoms with E-state index in [0.717, 1.165) is 0 Å². The number of nitrogens with zero attached hydrogens (tertiary/aromatic N) is 1. The molecule has 1 heterocycles. The molecular weight excluding hydrogens is 501 g/mol. The smallest absolute Gasteiger partial charge is 0.232 e. The standard InChI is InChI=1S/C28H37ClFNO4S/c1-19(26(2,3)4)31(25(32)27(5,6)7)24-13-8-20(18-23(24)30)28(14-16-35-17-15-28)36(33,34)22-11-9-21(29)10-12-22/h8-13,18-19H,14-17H2,1-7H3/t19-/m1/s1. The van der Waals surface area contributed by atoms with Gasteiger partial charge in [-0.1, -0.05) is 59.2 Å². The third kappa shape index (κ3) is 5.34. The van der Waals surface area contributed by atoms with Crippen molar-refractivity contribution in [2.24, 2.45) is 10.8 Å². The number of carbonyl (C=O) groups excluding carboxylic acids is 1. The second kappa shape index (κ2) is 10.1. The highest BCUT2D eigenvalue weighted by Gasteiger charge is 2.48. The first-order valence-corrected chi connectivity index (χ1v) is 14.1. The van der Waals surface area contributed by atoms with Crippen molar-refractivity contribution in [2.45, 2.75) is 77.0 Å². The molecule has 0 bridgehead atoms. The van der Waals surface area contributed by atoms with Crippen LogP contribution in [0.25, 0.3) is 0 Å². The Labute approximate surface area is 219 Å². The maximum Gasteiger partial charge on any atom is 0.232 e. The van der Waals surface area contributed by atoms with E-state index in [1.165, 1.54) is 35.2 Å². The molecule has 0 spiro atoms. The second-order valence-electron chi connectivity index (χ2n) is 11.7. The van der Waals surface area contributed by atoms with Gasteiger partial charge in [0.2, 0.25) is 5.91 Å². The normalized spacial score (nSPS) is 17.5. The molecule has 0 N–H and O–H groups in total. The number of carbonyl (C=O) groups is 1. The first-order chi connectivity index (χ1) is 16.5. The predicted molar refractivity (Wildman–Crippen MR) is 143 cm³/mol. The highest BCUT2D eigenvalue weighted by molar-refractivity contribution is 7.92. The van der Waals surface area contributed by atoms with Crippen LogP contribution >= 0.6 is 11.6 Å². The average molecular weight is 538 g/mol. The van der Waals surface area contributed by atoms with Crippen LogP contribution < -0.4 is 4.90 Å². The van der Waals surface area contributed by atoms with Crippen molar-refractivity contribution in [1.29, 1.82) is 0 Å². The van der Waals surface area contributed by atoms with Gasteiger partial charge >= 0.3 is 0 Å². The maximum atomic E-state index is 15.9. The Morgan fingerprint density at radius 2 is 1.58 bits per heavy atom. The first-order valence-electron chi connectivity index (χ1n) is 12.2. The van der Waals surface area contributed by atoms with E-state index in [1.807, 2.05) is 27.7 Å². The van der Waals surface area contributed by atoms with Gasteiger partial charge in [0.15, 0.2) is 9.84 Å². The second-order valence-corrected chi connectivity index (χ2v) is 14.4. The number of ether oxygens (including phenoxy) is 1. The van der Waals surface area contributed by atoms with E-state index in [9.17, 15) is 13.2 Å². The van der Waals surface area contributed by atoms with Gasteiger partial charge in [0, 0.05) is 29.7 Å². The molecule has 1 atom stereocenters. The van der Waals surface area contributed by atoms with Gasteiger partial charge in [-0.05, 0) is 67.1 Å². The summed E-state index contributed by atoms with van der Waals surface area (Å²) < 4.78 is 48.0. The summed E-state index contributed by atoms with van der Waals surface area (Å²) in [6, 6.07) is 10.2. The molecule has 1 saturated heterocycles. The molecule has 1 aliphatic heterocycles. The van der Waals surface area contributed by atoms with Crippen LogP contribution in [0.2, 0.25) is 5.02 Å². The van der Waals surface area contributed by atoms with Gasteiger partial charge in [0.05, 0.1) is 10.6 Å². The molecule has 2 aromatic carbocycles. The van der Waals surface area contributed by atoms with Gasteiger partial charge in [-0.2, -0.15) is 0 Å². The van der Waals surface area contributed by atoms with Crippen molar-refractivity contribution in [3.05, 3.63) is 58.9 Å². The maximum absolute atomic E-state index is 15.9. The largest absolute Gasteiger partial charge is 0.381 e. The van der Waals surface area contributed by atoms with Crippen molar-refractivity contribution in [3.8, 4) is 0 Å². The fraction of sp³-hybridized carbons (Fsp3) is 0.536. The van der Waals surface area contributed by atoms with Crippen molar-refractivity contribution in [1.82, 2.24) is 0 Å². The van der Waals surface area contributed by atoms with Crippen LogP contribution in [-0.2, 0) is 24.1 Å². The quantitative estimate of drug-likeness (QED) is 0.422. The Morgan fingerprint density at radius 1 is 1.03 bits per heavy atom. The monoisotopic (exact) mass is 537 g/mol. The minimum Gasteiger partial charge on any atom is -0.381 e. The SMILES string of the molecule is C[C@@H](N(C(=O)C(C)(C)C)c1ccc(C2(S(=O)(=O)c3ccc(Cl)cc3)CCOCC2)cc1F)C(C)(C)C. The molecule has 0 unspecified atom stereocenters. The summed E-state index contributed by atoms with van der Waals surface area (Å²) in [6.07, 6.45) is 0.388. The summed E-state index contributed by atoms with van der Waals surface area (Å²) >= 11 is 5.99. The number of hydrogen-bond acceptors (Lipinski definition) is 4. The highest BCUT2D eigenvalue weighted by atomic mass is 35.5. The zero-order valence-corrected chi connectivity index (χ0v) is 23.8. The van der Waals surface area contributed by atoms with Gasteiger partial charge < -0.3 is 9.64 Å². The van der Waals surface area contributed by atoms with E-state index < -0.39 is 25.8 Å². The summed E-state index contributed by atoms with van der Waals surface area (Å²) in [5, 5.41) is 0.432. The minimum absolute atomic E-state index is 0.129. The van der Waals surface area contributed by atoms with Gasteiger partial charge in [0.25, 0.3) is 0 Å². The lowest BCUT2D eigenvalue weighted by Gasteiger charge is -2.41. The van der Waals surface area contributed by atoms with E-state index >= 15 is 4.39 Å². The first kappa shape index (κ1) is 28.6. The van der Waals surface area contributed by atoms with Crippen LogP contribution in [0, 0.1) is 16.6 Å². The molecule has 3 rings (SSSR count). The van der Waals surface area contributed by atoms with Crippen LogP contribution in [0.15, 0.2) is 47.4 Å². The van der Waals surface area contributed by atoms with Crippen LogP contribution in [0.1, 0.15) is 66.9 Å². The molecule has 0 aliphatic carbocycles. The Kier molecular flexibility index (Phi) is 8.00. The molecule has 1 aliphatic rings. The minimum atomic E-state index is -3.91. The van der Waals surface area contributed by atoms with Crippen molar-refractivity contribution in [3.63, 3.8) is 0 Å². The van der Waals surface area contributed by atoms with Crippen molar-refractivity contribution >= 4 is 33.0 Å². The number of hydrogen-bond donors (Lipinski definition) is 0. The van der Waals surface area contributed by atoms with Crippen molar-refractivity contribution < 1.29 is 22.3 Å². The summed E-state index contributed by atoms with van der Waals surface area (Å²) in [7, 11) is -3.91. The lowest BCUT2D eigenvalue weighted by Crippen LogP contribution is -2.50. The molecule has 5 nitrogen and oxygen atoms in total. The fourth-order valence-corrected chi connectivity index (χ4v) is 6.69. The van der Waals surface area contributed by atoms with Crippen LogP contribution in [-0.4, -0.2) is 33.6 Å². The number of amides is 1. The third-order valence-corrected chi connectivity index (χ3v) is 9.99. The topological polar surface area (TPSA) is 63.7 Å². The molecule has 1 amide bonds. The molecule has 2 aromatic rings. The fourth-order valence-electron chi connectivity index (χ4n) is 4.48. The van der Waals surface area contributed by atoms with E-state index in [4.69, 9.17) is 16.3 Å². The van der Waals surface area contributed by atoms with Gasteiger partial charge in [-0.25, -0.2) is 12.8 Å². The van der Waals surface area contributed by atoms with E-state index in [2.05, 4.69) is 0 Å². The third-order valence-electron chi connectivity index (χ3n) is 7.17. The lowest BCUT2D eigenvalue weighted by molar-refractivity contribution is -0.126. The molecular formula is C28H37ClFNO4S. The highest BCUT2D eigenvalue weighted by Crippen LogP contribution is 2.45. The molecule has 8 heteroatoms. The van der Waals surface area contributed by atoms with Gasteiger partial charge in [0.1, 0.15) is 10.6 Å². The van der Waals surface area contributed by atoms with Crippen molar-refractivity contribution in [2.75, 3.05) is 18.1 Å². The Morgan fingerprint density at radius 3 is 2.06 bits per heavy atom. The zero-order chi connectivity index (χ0) is 27.1. The van der Waals surface area contributed by atoms with Gasteiger partial charge in [-0.3, -0.25) is 4.79 Å². The number of halogens is 2. The van der Waals surface area contributed by atoms with Crippen LogP contribution in [0.5, 0.6) is 0 Å². The molecule has 0 radical (unpaired) electrons. The van der Waals surface area contributed by atoms with Crippen LogP contribution in [0.3, 0.4) is 0 Å². The van der Waals surface area contributed by atoms with E-state index in [0.29, 0.717) is 10.6 Å². The number of rotatable bonds is 5. The van der Waals surface area contributed by atoms with Crippen LogP contribution in [0.4, 0.5) is 10.1 Å². The van der Waals surface area contributed by atoms with E-state index in [-0.39, 0.29) is 54.0 Å². The molecule has 198 valence electrons. The number of benzene rings is 2. The van der Waals surface area contributed by atoms with E-state index in [1.54, 1.807) is 32.9 Å². The average Bonchev–Trinajstić information content (AvgIpc) is 2.79. The Balaban J connectivity index is 2.17. The molecule has 0 aromatic heterocycles. The predicted octanol–water partition coefficient (Wildman–Crippen LogP) is 6.77. The molecule has 0 saturated carbocycles. The summed E-state index contributed by atoms with van der Waals surface area (Å²) in [5.41, 5.74) is -0.545. The summed E-state index contributed by atoms with van der Waals surface area (Å²) in [5.74, 6) is -0.829. The molecule has 36 heavy (non-hydrogen) atoms. The molecule has 1 fully saturated rings. The number of sulfone groups is 1. The Bertz CT molecular complexity index is 1210. The Hall–Kier alpha value is -1.96. The summed E-state index contributed by atoms with van der Waals surface area (Å²) in [4.78, 5) is 15.1. The lowest BCUT2D eigenvalue weighted by atomic mass is 9.84.